The maximum Gasteiger partial charge on any atom is 0.243 e. The quantitative estimate of drug-likeness (QED) is 0.474. The van der Waals surface area contributed by atoms with Crippen LogP contribution < -0.4 is 0 Å². The van der Waals surface area contributed by atoms with Crippen molar-refractivity contribution in [1.82, 2.24) is 14.1 Å². The molecule has 3 aromatic carbocycles. The second kappa shape index (κ2) is 11.1. The first-order valence-electron chi connectivity index (χ1n) is 11.3. The summed E-state index contributed by atoms with van der Waals surface area (Å²) in [6.45, 7) is 3.38. The number of hydrogen-bond acceptors (Lipinski definition) is 4. The number of amides is 1. The Kier molecular flexibility index (Phi) is 8.00. The first-order valence-corrected chi connectivity index (χ1v) is 13.1. The monoisotopic (exact) mass is 497 g/mol. The smallest absolute Gasteiger partial charge is 0.243 e. The summed E-state index contributed by atoms with van der Waals surface area (Å²) in [6.07, 6.45) is 0. The molecular weight excluding hydrogens is 470 g/mol. The standard InChI is InChI=1S/C26H28ClN3O3S/c27-24-13-11-23(12-14-24)20-30(34(32,33)25-9-5-2-6-10-25)21-26(31)29-17-15-28(16-18-29)19-22-7-3-1-4-8-22/h1-14H,15-21H2. The number of rotatable bonds is 8. The molecule has 0 aromatic heterocycles. The molecule has 1 saturated heterocycles. The molecule has 6 nitrogen and oxygen atoms in total. The lowest BCUT2D eigenvalue weighted by Gasteiger charge is -2.35. The van der Waals surface area contributed by atoms with Gasteiger partial charge in [0, 0.05) is 44.3 Å². The molecule has 0 aliphatic carbocycles. The van der Waals surface area contributed by atoms with E-state index in [-0.39, 0.29) is 23.9 Å². The van der Waals surface area contributed by atoms with Crippen LogP contribution in [-0.2, 0) is 27.9 Å². The summed E-state index contributed by atoms with van der Waals surface area (Å²) in [5.74, 6) is -0.187. The van der Waals surface area contributed by atoms with E-state index in [1.807, 2.05) is 18.2 Å². The first-order chi connectivity index (χ1) is 16.4. The van der Waals surface area contributed by atoms with E-state index in [2.05, 4.69) is 17.0 Å². The van der Waals surface area contributed by atoms with Gasteiger partial charge in [0.15, 0.2) is 0 Å². The van der Waals surface area contributed by atoms with Crippen LogP contribution in [-0.4, -0.2) is 61.2 Å². The predicted molar refractivity (Wildman–Crippen MR) is 134 cm³/mol. The number of halogens is 1. The molecule has 0 spiro atoms. The minimum absolute atomic E-state index is 0.0914. The Morgan fingerprint density at radius 3 is 2.00 bits per heavy atom. The van der Waals surface area contributed by atoms with Gasteiger partial charge in [0.2, 0.25) is 15.9 Å². The SMILES string of the molecule is O=C(CN(Cc1ccc(Cl)cc1)S(=O)(=O)c1ccccc1)N1CCN(Cc2ccccc2)CC1. The van der Waals surface area contributed by atoms with Gasteiger partial charge in [0.1, 0.15) is 0 Å². The fourth-order valence-electron chi connectivity index (χ4n) is 4.01. The van der Waals surface area contributed by atoms with Crippen molar-refractivity contribution in [2.24, 2.45) is 0 Å². The van der Waals surface area contributed by atoms with E-state index in [0.717, 1.165) is 25.2 Å². The van der Waals surface area contributed by atoms with E-state index in [1.54, 1.807) is 59.5 Å². The van der Waals surface area contributed by atoms with Gasteiger partial charge < -0.3 is 4.90 Å². The van der Waals surface area contributed by atoms with Gasteiger partial charge in [0.05, 0.1) is 11.4 Å². The molecule has 1 aliphatic heterocycles. The van der Waals surface area contributed by atoms with Crippen LogP contribution in [0.25, 0.3) is 0 Å². The molecule has 34 heavy (non-hydrogen) atoms. The molecule has 0 atom stereocenters. The molecule has 4 rings (SSSR count). The molecule has 0 N–H and O–H groups in total. The van der Waals surface area contributed by atoms with Gasteiger partial charge in [-0.25, -0.2) is 8.42 Å². The Balaban J connectivity index is 1.44. The van der Waals surface area contributed by atoms with Crippen LogP contribution >= 0.6 is 11.6 Å². The summed E-state index contributed by atoms with van der Waals surface area (Å²) in [7, 11) is -3.85. The Hall–Kier alpha value is -2.71. The molecule has 0 radical (unpaired) electrons. The summed E-state index contributed by atoms with van der Waals surface area (Å²) in [5, 5.41) is 0.575. The number of benzene rings is 3. The van der Waals surface area contributed by atoms with Gasteiger partial charge in [-0.15, -0.1) is 0 Å². The third-order valence-corrected chi connectivity index (χ3v) is 8.00. The van der Waals surface area contributed by atoms with Gasteiger partial charge in [-0.3, -0.25) is 9.69 Å². The molecule has 0 saturated carbocycles. The van der Waals surface area contributed by atoms with Crippen LogP contribution in [0.5, 0.6) is 0 Å². The van der Waals surface area contributed by atoms with E-state index in [0.29, 0.717) is 18.1 Å². The van der Waals surface area contributed by atoms with Crippen molar-refractivity contribution in [3.05, 3.63) is 101 Å². The van der Waals surface area contributed by atoms with Crippen LogP contribution in [0, 0.1) is 0 Å². The molecule has 3 aromatic rings. The van der Waals surface area contributed by atoms with Crippen LogP contribution in [0.15, 0.2) is 89.8 Å². The molecule has 1 fully saturated rings. The van der Waals surface area contributed by atoms with E-state index in [4.69, 9.17) is 11.6 Å². The molecule has 178 valence electrons. The highest BCUT2D eigenvalue weighted by Gasteiger charge is 2.30. The van der Waals surface area contributed by atoms with E-state index >= 15 is 0 Å². The second-order valence-corrected chi connectivity index (χ2v) is 10.7. The van der Waals surface area contributed by atoms with Crippen LogP contribution in [0.1, 0.15) is 11.1 Å². The zero-order valence-corrected chi connectivity index (χ0v) is 20.5. The average molecular weight is 498 g/mol. The fraction of sp³-hybridized carbons (Fsp3) is 0.269. The van der Waals surface area contributed by atoms with Crippen molar-refractivity contribution in [1.29, 1.82) is 0 Å². The number of nitrogens with zero attached hydrogens (tertiary/aromatic N) is 3. The van der Waals surface area contributed by atoms with Crippen molar-refractivity contribution in [3.63, 3.8) is 0 Å². The molecule has 0 unspecified atom stereocenters. The fourth-order valence-corrected chi connectivity index (χ4v) is 5.53. The Labute approximate surface area is 206 Å². The molecule has 8 heteroatoms. The zero-order chi connectivity index (χ0) is 24.0. The lowest BCUT2D eigenvalue weighted by Crippen LogP contribution is -2.51. The zero-order valence-electron chi connectivity index (χ0n) is 18.9. The van der Waals surface area contributed by atoms with E-state index in [1.165, 1.54) is 9.87 Å². The minimum atomic E-state index is -3.85. The van der Waals surface area contributed by atoms with Gasteiger partial charge in [-0.1, -0.05) is 72.3 Å². The second-order valence-electron chi connectivity index (χ2n) is 8.36. The number of carbonyl (C=O) groups is 1. The lowest BCUT2D eigenvalue weighted by atomic mass is 10.2. The predicted octanol–water partition coefficient (Wildman–Crippen LogP) is 3.88. The first kappa shape index (κ1) is 24.4. The molecular formula is C26H28ClN3O3S. The van der Waals surface area contributed by atoms with Crippen LogP contribution in [0.4, 0.5) is 0 Å². The van der Waals surface area contributed by atoms with Crippen molar-refractivity contribution in [3.8, 4) is 0 Å². The van der Waals surface area contributed by atoms with Crippen molar-refractivity contribution in [2.75, 3.05) is 32.7 Å². The Bertz CT molecular complexity index is 1180. The van der Waals surface area contributed by atoms with Crippen molar-refractivity contribution >= 4 is 27.5 Å². The van der Waals surface area contributed by atoms with Crippen molar-refractivity contribution in [2.45, 2.75) is 18.0 Å². The van der Waals surface area contributed by atoms with Crippen LogP contribution in [0.2, 0.25) is 5.02 Å². The summed E-state index contributed by atoms with van der Waals surface area (Å²) >= 11 is 5.99. The third-order valence-electron chi connectivity index (χ3n) is 5.94. The number of piperazine rings is 1. The van der Waals surface area contributed by atoms with Gasteiger partial charge >= 0.3 is 0 Å². The average Bonchev–Trinajstić information content (AvgIpc) is 2.86. The normalized spacial score (nSPS) is 14.9. The van der Waals surface area contributed by atoms with E-state index < -0.39 is 10.0 Å². The van der Waals surface area contributed by atoms with Gasteiger partial charge in [0.25, 0.3) is 0 Å². The van der Waals surface area contributed by atoms with Gasteiger partial charge in [-0.05, 0) is 35.4 Å². The summed E-state index contributed by atoms with van der Waals surface area (Å²) in [4.78, 5) is 17.4. The summed E-state index contributed by atoms with van der Waals surface area (Å²) < 4.78 is 28.1. The summed E-state index contributed by atoms with van der Waals surface area (Å²) in [5.41, 5.74) is 2.01. The highest BCUT2D eigenvalue weighted by atomic mass is 35.5. The molecule has 1 amide bonds. The summed E-state index contributed by atoms with van der Waals surface area (Å²) in [6, 6.07) is 25.5. The minimum Gasteiger partial charge on any atom is -0.339 e. The molecule has 1 aliphatic rings. The topological polar surface area (TPSA) is 60.9 Å². The Morgan fingerprint density at radius 1 is 0.794 bits per heavy atom. The highest BCUT2D eigenvalue weighted by Crippen LogP contribution is 2.20. The maximum atomic E-state index is 13.4. The van der Waals surface area contributed by atoms with Gasteiger partial charge in [-0.2, -0.15) is 4.31 Å². The molecule has 0 bridgehead atoms. The molecule has 1 heterocycles. The maximum absolute atomic E-state index is 13.4. The number of carbonyl (C=O) groups excluding carboxylic acids is 1. The number of hydrogen-bond donors (Lipinski definition) is 0. The lowest BCUT2D eigenvalue weighted by molar-refractivity contribution is -0.133. The van der Waals surface area contributed by atoms with Crippen molar-refractivity contribution < 1.29 is 13.2 Å². The number of sulfonamides is 1. The van der Waals surface area contributed by atoms with E-state index in [9.17, 15) is 13.2 Å². The van der Waals surface area contributed by atoms with Crippen LogP contribution in [0.3, 0.4) is 0 Å². The highest BCUT2D eigenvalue weighted by molar-refractivity contribution is 7.89. The largest absolute Gasteiger partial charge is 0.339 e. The Morgan fingerprint density at radius 2 is 1.38 bits per heavy atom. The third kappa shape index (κ3) is 6.24.